The Morgan fingerprint density at radius 2 is 1.39 bits per heavy atom. The van der Waals surface area contributed by atoms with E-state index in [2.05, 4.69) is 5.32 Å². The van der Waals surface area contributed by atoms with Gasteiger partial charge in [-0.3, -0.25) is 10.1 Å². The van der Waals surface area contributed by atoms with Gasteiger partial charge in [0.15, 0.2) is 0 Å². The third-order valence-corrected chi connectivity index (χ3v) is 6.37. The molecule has 2 N–H and O–H groups in total. The van der Waals surface area contributed by atoms with Crippen molar-refractivity contribution in [3.63, 3.8) is 0 Å². The molecule has 0 aliphatic carbocycles. The van der Waals surface area contributed by atoms with Gasteiger partial charge in [-0.05, 0) is 36.4 Å². The summed E-state index contributed by atoms with van der Waals surface area (Å²) in [7, 11) is 0. The number of benzene rings is 3. The topological polar surface area (TPSA) is 63.1 Å². The first kappa shape index (κ1) is 26.3. The molecular weight excluding hydrogens is 578 g/mol. The van der Waals surface area contributed by atoms with E-state index in [1.165, 1.54) is 12.1 Å². The average Bonchev–Trinajstić information content (AvgIpc) is 3.13. The van der Waals surface area contributed by atoms with E-state index in [1.54, 1.807) is 35.2 Å². The number of hydrogen-bond donors (Lipinski definition) is 2. The fourth-order valence-corrected chi connectivity index (χ4v) is 4.84. The molecule has 3 aromatic carbocycles. The summed E-state index contributed by atoms with van der Waals surface area (Å²) in [5.41, 5.74) is 0.827. The van der Waals surface area contributed by atoms with Crippen molar-refractivity contribution in [1.82, 2.24) is 9.88 Å². The molecule has 0 bridgehead atoms. The van der Waals surface area contributed by atoms with E-state index in [0.29, 0.717) is 31.9 Å². The summed E-state index contributed by atoms with van der Waals surface area (Å²) in [4.78, 5) is 24.4. The van der Waals surface area contributed by atoms with Gasteiger partial charge in [-0.2, -0.15) is 0 Å². The number of nitrogens with one attached hydrogen (secondary N) is 2. The van der Waals surface area contributed by atoms with Crippen molar-refractivity contribution in [3.8, 4) is 16.8 Å². The fourth-order valence-electron chi connectivity index (χ4n) is 3.39. The highest BCUT2D eigenvalue weighted by Gasteiger charge is 2.20. The quantitative estimate of drug-likeness (QED) is 0.250. The summed E-state index contributed by atoms with van der Waals surface area (Å²) in [6.07, 6.45) is 3.25. The third-order valence-electron chi connectivity index (χ3n) is 4.95. The summed E-state index contributed by atoms with van der Waals surface area (Å²) in [5, 5.41) is 5.69. The largest absolute Gasteiger partial charge is 0.326 e. The summed E-state index contributed by atoms with van der Waals surface area (Å²) < 4.78 is 29.1. The van der Waals surface area contributed by atoms with Crippen molar-refractivity contribution in [3.05, 3.63) is 103 Å². The van der Waals surface area contributed by atoms with Crippen LogP contribution in [0, 0.1) is 11.6 Å². The molecule has 1 heterocycles. The van der Waals surface area contributed by atoms with Crippen molar-refractivity contribution in [2.24, 2.45) is 0 Å². The zero-order valence-electron chi connectivity index (χ0n) is 17.7. The molecule has 12 heteroatoms. The Kier molecular flexibility index (Phi) is 7.78. The number of anilines is 1. The third kappa shape index (κ3) is 5.45. The van der Waals surface area contributed by atoms with Crippen LogP contribution in [0.4, 0.5) is 19.3 Å². The highest BCUT2D eigenvalue weighted by atomic mass is 35.5. The highest BCUT2D eigenvalue weighted by molar-refractivity contribution is 6.39. The van der Waals surface area contributed by atoms with E-state index >= 15 is 0 Å². The fraction of sp³-hybridized carbons (Fsp3) is 0. The Labute approximate surface area is 228 Å². The van der Waals surface area contributed by atoms with Crippen LogP contribution in [0.3, 0.4) is 0 Å². The monoisotopic (exact) mass is 587 g/mol. The zero-order valence-corrected chi connectivity index (χ0v) is 21.5. The van der Waals surface area contributed by atoms with Crippen LogP contribution in [0.1, 0.15) is 10.4 Å². The maximum Gasteiger partial charge on any atom is 0.326 e. The number of hydrogen-bond acceptors (Lipinski definition) is 2. The van der Waals surface area contributed by atoms with Crippen LogP contribution in [0.5, 0.6) is 0 Å². The van der Waals surface area contributed by atoms with E-state index in [-0.39, 0.29) is 15.7 Å². The van der Waals surface area contributed by atoms with Gasteiger partial charge >= 0.3 is 6.03 Å². The first-order valence-corrected chi connectivity index (χ1v) is 11.8. The predicted octanol–water partition coefficient (Wildman–Crippen LogP) is 8.65. The molecule has 5 nitrogen and oxygen atoms in total. The first-order valence-electron chi connectivity index (χ1n) is 9.94. The van der Waals surface area contributed by atoms with E-state index in [1.807, 2.05) is 5.32 Å². The molecule has 4 aromatic rings. The smallest absolute Gasteiger partial charge is 0.319 e. The second-order valence-electron chi connectivity index (χ2n) is 7.34. The van der Waals surface area contributed by atoms with Crippen LogP contribution in [-0.2, 0) is 0 Å². The van der Waals surface area contributed by atoms with Crippen molar-refractivity contribution in [2.45, 2.75) is 0 Å². The molecule has 0 fully saturated rings. The molecule has 36 heavy (non-hydrogen) atoms. The lowest BCUT2D eigenvalue weighted by Gasteiger charge is -2.13. The maximum atomic E-state index is 13.8. The Balaban J connectivity index is 1.56. The minimum absolute atomic E-state index is 0.118. The summed E-state index contributed by atoms with van der Waals surface area (Å²) in [6.45, 7) is 0. The summed E-state index contributed by atoms with van der Waals surface area (Å²) in [6, 6.07) is 9.57. The first-order chi connectivity index (χ1) is 17.0. The van der Waals surface area contributed by atoms with Crippen molar-refractivity contribution >= 4 is 75.6 Å². The summed E-state index contributed by atoms with van der Waals surface area (Å²) >= 11 is 31.5. The number of nitrogens with zero attached hydrogens (tertiary/aromatic N) is 1. The number of halogens is 7. The van der Waals surface area contributed by atoms with Crippen molar-refractivity contribution in [1.29, 1.82) is 0 Å². The van der Waals surface area contributed by atoms with Crippen molar-refractivity contribution in [2.75, 3.05) is 5.32 Å². The van der Waals surface area contributed by atoms with Gasteiger partial charge in [0.1, 0.15) is 17.2 Å². The molecule has 0 atom stereocenters. The molecule has 0 saturated heterocycles. The Hall–Kier alpha value is -2.81. The van der Waals surface area contributed by atoms with Gasteiger partial charge in [0, 0.05) is 39.3 Å². The Morgan fingerprint density at radius 3 is 2.00 bits per heavy atom. The second kappa shape index (κ2) is 10.7. The van der Waals surface area contributed by atoms with Gasteiger partial charge in [0.25, 0.3) is 5.91 Å². The highest BCUT2D eigenvalue weighted by Crippen LogP contribution is 2.39. The van der Waals surface area contributed by atoms with Gasteiger partial charge < -0.3 is 9.88 Å². The molecule has 0 unspecified atom stereocenters. The molecule has 0 aliphatic rings. The van der Waals surface area contributed by atoms with Crippen LogP contribution in [0.15, 0.2) is 60.9 Å². The van der Waals surface area contributed by atoms with E-state index in [9.17, 15) is 18.4 Å². The number of imide groups is 1. The molecular formula is C24H12Cl5F2N3O2. The number of carbonyl (C=O) groups excluding carboxylic acids is 2. The summed E-state index contributed by atoms with van der Waals surface area (Å²) in [5.74, 6) is -3.48. The number of amides is 3. The van der Waals surface area contributed by atoms with Crippen LogP contribution >= 0.6 is 58.0 Å². The maximum absolute atomic E-state index is 13.8. The van der Waals surface area contributed by atoms with Crippen molar-refractivity contribution < 1.29 is 18.4 Å². The van der Waals surface area contributed by atoms with Gasteiger partial charge in [0.2, 0.25) is 0 Å². The minimum atomic E-state index is -1.26. The minimum Gasteiger partial charge on any atom is -0.319 e. The lowest BCUT2D eigenvalue weighted by molar-refractivity contribution is 0.0959. The van der Waals surface area contributed by atoms with Gasteiger partial charge in [-0.15, -0.1) is 0 Å². The number of rotatable bonds is 4. The molecule has 0 aliphatic heterocycles. The van der Waals surface area contributed by atoms with Crippen LogP contribution in [0.2, 0.25) is 25.1 Å². The molecule has 0 spiro atoms. The van der Waals surface area contributed by atoms with Gasteiger partial charge in [-0.25, -0.2) is 13.6 Å². The molecule has 184 valence electrons. The van der Waals surface area contributed by atoms with Gasteiger partial charge in [-0.1, -0.05) is 70.1 Å². The average molecular weight is 590 g/mol. The standard InChI is InChI=1S/C24H12Cl5F2N3O2/c25-11-4-5-13(15(26)6-11)14-9-34(10-18(14)29)22-16(27)7-12(8-17(22)28)32-24(36)33-23(35)21-19(30)2-1-3-20(21)31/h1-10H,(H2,32,33,35,36). The lowest BCUT2D eigenvalue weighted by Crippen LogP contribution is -2.35. The van der Waals surface area contributed by atoms with E-state index in [4.69, 9.17) is 58.0 Å². The molecule has 0 saturated carbocycles. The van der Waals surface area contributed by atoms with Gasteiger partial charge in [0.05, 0.1) is 20.8 Å². The van der Waals surface area contributed by atoms with Crippen LogP contribution in [0.25, 0.3) is 16.8 Å². The lowest BCUT2D eigenvalue weighted by atomic mass is 10.1. The molecule has 3 amide bonds. The zero-order chi connectivity index (χ0) is 26.1. The second-order valence-corrected chi connectivity index (χ2v) is 9.41. The number of aromatic nitrogens is 1. The molecule has 1 aromatic heterocycles. The normalized spacial score (nSPS) is 10.9. The van der Waals surface area contributed by atoms with E-state index < -0.39 is 29.1 Å². The van der Waals surface area contributed by atoms with Crippen LogP contribution in [-0.4, -0.2) is 16.5 Å². The van der Waals surface area contributed by atoms with E-state index in [0.717, 1.165) is 18.2 Å². The Morgan fingerprint density at radius 1 is 0.750 bits per heavy atom. The SMILES string of the molecule is O=C(NC(=O)c1c(F)cccc1F)Nc1cc(Cl)c(-n2cc(Cl)c(-c3ccc(Cl)cc3Cl)c2)c(Cl)c1. The number of urea groups is 1. The van der Waals surface area contributed by atoms with Crippen LogP contribution < -0.4 is 10.6 Å². The number of carbonyl (C=O) groups is 2. The molecule has 0 radical (unpaired) electrons. The molecule has 4 rings (SSSR count). The predicted molar refractivity (Wildman–Crippen MR) is 139 cm³/mol. The Bertz CT molecular complexity index is 1480.